The molecule has 0 saturated heterocycles. The maximum atomic E-state index is 12.7. The van der Waals surface area contributed by atoms with Crippen LogP contribution in [-0.2, 0) is 0 Å². The fraction of sp³-hybridized carbons (Fsp3) is 0.111. The number of phenols is 1. The predicted octanol–water partition coefficient (Wildman–Crippen LogP) is 3.23. The molecule has 0 radical (unpaired) electrons. The molecule has 1 heterocycles. The van der Waals surface area contributed by atoms with Crippen LogP contribution in [0.25, 0.3) is 11.1 Å². The summed E-state index contributed by atoms with van der Waals surface area (Å²) in [5.41, 5.74) is 2.21. The van der Waals surface area contributed by atoms with Crippen LogP contribution in [0.4, 0.5) is 0 Å². The lowest BCUT2D eigenvalue weighted by Gasteiger charge is -2.15. The molecule has 3 rings (SSSR count). The zero-order valence-corrected chi connectivity index (χ0v) is 12.2. The van der Waals surface area contributed by atoms with Gasteiger partial charge in [-0.2, -0.15) is 5.10 Å². The average Bonchev–Trinajstić information content (AvgIpc) is 2.56. The van der Waals surface area contributed by atoms with Gasteiger partial charge in [-0.15, -0.1) is 0 Å². The highest BCUT2D eigenvalue weighted by molar-refractivity contribution is 5.62. The highest BCUT2D eigenvalue weighted by atomic mass is 16.3. The van der Waals surface area contributed by atoms with Gasteiger partial charge in [0, 0.05) is 6.20 Å². The van der Waals surface area contributed by atoms with E-state index in [0.717, 1.165) is 11.1 Å². The molecule has 1 N–H and O–H groups in total. The molecule has 0 aliphatic carbocycles. The highest BCUT2D eigenvalue weighted by Crippen LogP contribution is 2.20. The van der Waals surface area contributed by atoms with Crippen LogP contribution in [-0.4, -0.2) is 14.9 Å². The summed E-state index contributed by atoms with van der Waals surface area (Å²) in [7, 11) is 0. The van der Waals surface area contributed by atoms with Gasteiger partial charge in [0.2, 0.25) is 0 Å². The Kier molecular flexibility index (Phi) is 3.74. The van der Waals surface area contributed by atoms with Gasteiger partial charge in [0.1, 0.15) is 5.75 Å². The fourth-order valence-corrected chi connectivity index (χ4v) is 2.44. The number of phenolic OH excluding ortho intramolecular Hbond substituents is 1. The van der Waals surface area contributed by atoms with Crippen molar-refractivity contribution in [2.24, 2.45) is 0 Å². The first-order valence-corrected chi connectivity index (χ1v) is 7.09. The maximum Gasteiger partial charge on any atom is 0.275 e. The molecule has 0 bridgehead atoms. The molecule has 0 fully saturated rings. The maximum absolute atomic E-state index is 12.7. The minimum absolute atomic E-state index is 0.147. The van der Waals surface area contributed by atoms with E-state index < -0.39 is 0 Å². The third-order valence-electron chi connectivity index (χ3n) is 3.70. The smallest absolute Gasteiger partial charge is 0.275 e. The predicted molar refractivity (Wildman–Crippen MR) is 85.9 cm³/mol. The van der Waals surface area contributed by atoms with Gasteiger partial charge in [0.05, 0.1) is 11.6 Å². The quantitative estimate of drug-likeness (QED) is 0.806. The van der Waals surface area contributed by atoms with Gasteiger partial charge >= 0.3 is 0 Å². The number of nitrogens with zero attached hydrogens (tertiary/aromatic N) is 2. The second-order valence-corrected chi connectivity index (χ2v) is 5.13. The van der Waals surface area contributed by atoms with E-state index in [1.807, 2.05) is 37.3 Å². The number of hydrogen-bond acceptors (Lipinski definition) is 3. The summed E-state index contributed by atoms with van der Waals surface area (Å²) in [4.78, 5) is 12.7. The zero-order chi connectivity index (χ0) is 15.5. The Morgan fingerprint density at radius 1 is 1.00 bits per heavy atom. The molecule has 110 valence electrons. The molecule has 0 saturated carbocycles. The summed E-state index contributed by atoms with van der Waals surface area (Å²) in [6.45, 7) is 1.95. The molecule has 1 atom stereocenters. The number of aromatic hydroxyl groups is 1. The molecule has 4 heteroatoms. The van der Waals surface area contributed by atoms with Crippen LogP contribution in [0, 0.1) is 0 Å². The summed E-state index contributed by atoms with van der Waals surface area (Å²) in [6.07, 6.45) is 1.63. The lowest BCUT2D eigenvalue weighted by atomic mass is 10.1. The summed E-state index contributed by atoms with van der Waals surface area (Å²) in [6, 6.07) is 17.9. The van der Waals surface area contributed by atoms with Crippen molar-refractivity contribution in [3.63, 3.8) is 0 Å². The molecule has 4 nitrogen and oxygen atoms in total. The summed E-state index contributed by atoms with van der Waals surface area (Å²) in [5.74, 6) is 0.177. The Balaban J connectivity index is 2.06. The second kappa shape index (κ2) is 5.85. The van der Waals surface area contributed by atoms with E-state index in [9.17, 15) is 9.90 Å². The molecular weight excluding hydrogens is 276 g/mol. The van der Waals surface area contributed by atoms with Crippen molar-refractivity contribution in [1.29, 1.82) is 0 Å². The molecule has 0 spiro atoms. The number of hydrogen-bond donors (Lipinski definition) is 1. The van der Waals surface area contributed by atoms with E-state index >= 15 is 0 Å². The van der Waals surface area contributed by atoms with E-state index in [0.29, 0.717) is 5.56 Å². The molecule has 0 aliphatic heterocycles. The van der Waals surface area contributed by atoms with Crippen LogP contribution in [0.5, 0.6) is 5.75 Å². The largest absolute Gasteiger partial charge is 0.508 e. The van der Waals surface area contributed by atoms with Crippen molar-refractivity contribution in [1.82, 2.24) is 9.78 Å². The molecular formula is C18H16N2O2. The van der Waals surface area contributed by atoms with Crippen molar-refractivity contribution in [2.75, 3.05) is 0 Å². The van der Waals surface area contributed by atoms with Crippen LogP contribution in [0.2, 0.25) is 0 Å². The van der Waals surface area contributed by atoms with Crippen molar-refractivity contribution in [3.8, 4) is 16.9 Å². The van der Waals surface area contributed by atoms with E-state index in [-0.39, 0.29) is 17.4 Å². The van der Waals surface area contributed by atoms with Gasteiger partial charge in [-0.3, -0.25) is 4.79 Å². The highest BCUT2D eigenvalue weighted by Gasteiger charge is 2.13. The van der Waals surface area contributed by atoms with Crippen LogP contribution in [0.15, 0.2) is 71.7 Å². The Morgan fingerprint density at radius 2 is 1.68 bits per heavy atom. The Labute approximate surface area is 128 Å². The summed E-state index contributed by atoms with van der Waals surface area (Å²) in [5, 5.41) is 13.6. The standard InChI is InChI=1S/C18H16N2O2/c1-13(14-5-3-2-4-6-14)20-18(22)17(11-12-19-20)15-7-9-16(21)10-8-15/h2-13,21H,1H3/t13-/m1/s1. The lowest BCUT2D eigenvalue weighted by molar-refractivity contribution is 0.475. The first kappa shape index (κ1) is 14.1. The van der Waals surface area contributed by atoms with Crippen molar-refractivity contribution >= 4 is 0 Å². The fourth-order valence-electron chi connectivity index (χ4n) is 2.44. The molecule has 3 aromatic rings. The molecule has 1 aromatic heterocycles. The van der Waals surface area contributed by atoms with Crippen LogP contribution in [0.3, 0.4) is 0 Å². The number of benzene rings is 2. The number of rotatable bonds is 3. The van der Waals surface area contributed by atoms with Gasteiger partial charge < -0.3 is 5.11 Å². The molecule has 22 heavy (non-hydrogen) atoms. The van der Waals surface area contributed by atoms with Gasteiger partial charge in [-0.05, 0) is 36.2 Å². The van der Waals surface area contributed by atoms with Crippen molar-refractivity contribution < 1.29 is 5.11 Å². The topological polar surface area (TPSA) is 55.1 Å². The van der Waals surface area contributed by atoms with E-state index in [2.05, 4.69) is 5.10 Å². The van der Waals surface area contributed by atoms with E-state index in [4.69, 9.17) is 0 Å². The van der Waals surface area contributed by atoms with Gasteiger partial charge in [-0.1, -0.05) is 42.5 Å². The van der Waals surface area contributed by atoms with Crippen LogP contribution in [0.1, 0.15) is 18.5 Å². The Morgan fingerprint density at radius 3 is 2.36 bits per heavy atom. The third kappa shape index (κ3) is 2.63. The normalized spacial score (nSPS) is 12.0. The minimum atomic E-state index is -0.149. The first-order valence-electron chi connectivity index (χ1n) is 7.09. The lowest BCUT2D eigenvalue weighted by Crippen LogP contribution is -2.27. The molecule has 0 unspecified atom stereocenters. The monoisotopic (exact) mass is 292 g/mol. The van der Waals surface area contributed by atoms with E-state index in [1.54, 1.807) is 36.5 Å². The third-order valence-corrected chi connectivity index (χ3v) is 3.70. The second-order valence-electron chi connectivity index (χ2n) is 5.13. The Hall–Kier alpha value is -2.88. The zero-order valence-electron chi connectivity index (χ0n) is 12.2. The van der Waals surface area contributed by atoms with Gasteiger partial charge in [-0.25, -0.2) is 4.68 Å². The van der Waals surface area contributed by atoms with Crippen LogP contribution < -0.4 is 5.56 Å². The van der Waals surface area contributed by atoms with Crippen molar-refractivity contribution in [3.05, 3.63) is 82.8 Å². The van der Waals surface area contributed by atoms with Gasteiger partial charge in [0.15, 0.2) is 0 Å². The molecule has 0 amide bonds. The first-order chi connectivity index (χ1) is 10.7. The van der Waals surface area contributed by atoms with E-state index in [1.165, 1.54) is 4.68 Å². The summed E-state index contributed by atoms with van der Waals surface area (Å²) < 4.78 is 1.48. The average molecular weight is 292 g/mol. The summed E-state index contributed by atoms with van der Waals surface area (Å²) >= 11 is 0. The molecule has 2 aromatic carbocycles. The van der Waals surface area contributed by atoms with Crippen LogP contribution >= 0.6 is 0 Å². The molecule has 0 aliphatic rings. The Bertz CT molecular complexity index is 824. The number of aromatic nitrogens is 2. The van der Waals surface area contributed by atoms with Crippen molar-refractivity contribution in [2.45, 2.75) is 13.0 Å². The SMILES string of the molecule is C[C@H](c1ccccc1)n1nccc(-c2ccc(O)cc2)c1=O. The van der Waals surface area contributed by atoms with Gasteiger partial charge in [0.25, 0.3) is 5.56 Å². The minimum Gasteiger partial charge on any atom is -0.508 e.